The smallest absolute Gasteiger partial charge is 0.325 e. The number of fused-ring (bicyclic) bond motifs is 1. The van der Waals surface area contributed by atoms with Crippen LogP contribution in [0.1, 0.15) is 25.8 Å². The molecule has 0 atom stereocenters. The Morgan fingerprint density at radius 2 is 2.03 bits per heavy atom. The van der Waals surface area contributed by atoms with Gasteiger partial charge in [0.05, 0.1) is 17.7 Å². The maximum absolute atomic E-state index is 12.9. The lowest BCUT2D eigenvalue weighted by Gasteiger charge is -2.32. The van der Waals surface area contributed by atoms with Gasteiger partial charge in [0, 0.05) is 32.6 Å². The molecule has 4 rings (SSSR count). The summed E-state index contributed by atoms with van der Waals surface area (Å²) in [5, 5.41) is 2.75. The number of aromatic nitrogens is 4. The van der Waals surface area contributed by atoms with Crippen LogP contribution >= 0.6 is 0 Å². The van der Waals surface area contributed by atoms with E-state index in [4.69, 9.17) is 0 Å². The molecule has 9 heteroatoms. The van der Waals surface area contributed by atoms with E-state index < -0.39 is 11.2 Å². The summed E-state index contributed by atoms with van der Waals surface area (Å²) in [5.41, 5.74) is 0.491. The first kappa shape index (κ1) is 19.8. The highest BCUT2D eigenvalue weighted by Gasteiger charge is 2.25. The number of amides is 1. The van der Waals surface area contributed by atoms with E-state index >= 15 is 0 Å². The molecule has 2 aromatic heterocycles. The number of piperidine rings is 1. The number of hydrogen-bond acceptors (Lipinski definition) is 5. The lowest BCUT2D eigenvalue weighted by atomic mass is 10.0. The van der Waals surface area contributed by atoms with Crippen LogP contribution in [-0.4, -0.2) is 49.5 Å². The molecule has 1 aromatic carbocycles. The van der Waals surface area contributed by atoms with Gasteiger partial charge in [0.25, 0.3) is 5.56 Å². The second-order valence-corrected chi connectivity index (χ2v) is 7.44. The number of hydrogen-bond donors (Lipinski definition) is 2. The minimum Gasteiger partial charge on any atom is -0.325 e. The van der Waals surface area contributed by atoms with Crippen LogP contribution in [0.5, 0.6) is 0 Å². The molecule has 0 radical (unpaired) electrons. The zero-order chi connectivity index (χ0) is 21.3. The van der Waals surface area contributed by atoms with Gasteiger partial charge < -0.3 is 9.88 Å². The van der Waals surface area contributed by atoms with Crippen LogP contribution < -0.4 is 16.6 Å². The second-order valence-electron chi connectivity index (χ2n) is 7.44. The van der Waals surface area contributed by atoms with E-state index in [2.05, 4.69) is 26.8 Å². The van der Waals surface area contributed by atoms with Crippen molar-refractivity contribution in [3.63, 3.8) is 0 Å². The number of rotatable bonds is 5. The molecule has 3 aromatic rings. The van der Waals surface area contributed by atoms with Crippen LogP contribution in [0.2, 0.25) is 0 Å². The Kier molecular flexibility index (Phi) is 5.37. The molecule has 0 bridgehead atoms. The SMILES string of the molecule is C=CCN1CCC(n2cnc3c(=O)[nH]c(=O)n(-c4ccccc4NC(C)=O)c32)CC1. The van der Waals surface area contributed by atoms with E-state index in [0.29, 0.717) is 17.0 Å². The van der Waals surface area contributed by atoms with Crippen molar-refractivity contribution < 1.29 is 4.79 Å². The van der Waals surface area contributed by atoms with Crippen molar-refractivity contribution >= 4 is 22.8 Å². The van der Waals surface area contributed by atoms with Crippen molar-refractivity contribution in [3.05, 3.63) is 64.1 Å². The number of likely N-dealkylation sites (tertiary alicyclic amines) is 1. The molecule has 1 aliphatic rings. The molecule has 0 unspecified atom stereocenters. The van der Waals surface area contributed by atoms with Crippen LogP contribution in [0.4, 0.5) is 5.69 Å². The number of nitrogens with one attached hydrogen (secondary N) is 2. The zero-order valence-corrected chi connectivity index (χ0v) is 16.8. The van der Waals surface area contributed by atoms with Crippen LogP contribution in [0.3, 0.4) is 0 Å². The maximum atomic E-state index is 12.9. The Bertz CT molecular complexity index is 1210. The number of nitrogens with zero attached hydrogens (tertiary/aromatic N) is 4. The van der Waals surface area contributed by atoms with Gasteiger partial charge in [-0.1, -0.05) is 18.2 Å². The van der Waals surface area contributed by atoms with Gasteiger partial charge in [0.2, 0.25) is 5.91 Å². The Labute approximate surface area is 172 Å². The van der Waals surface area contributed by atoms with E-state index in [1.807, 2.05) is 10.6 Å². The summed E-state index contributed by atoms with van der Waals surface area (Å²) in [4.78, 5) is 46.0. The van der Waals surface area contributed by atoms with Gasteiger partial charge in [-0.2, -0.15) is 0 Å². The topological polar surface area (TPSA) is 105 Å². The third-order valence-electron chi connectivity index (χ3n) is 5.41. The highest BCUT2D eigenvalue weighted by atomic mass is 16.2. The fourth-order valence-corrected chi connectivity index (χ4v) is 4.06. The average molecular weight is 408 g/mol. The van der Waals surface area contributed by atoms with E-state index in [1.165, 1.54) is 11.5 Å². The maximum Gasteiger partial charge on any atom is 0.334 e. The van der Waals surface area contributed by atoms with E-state index in [-0.39, 0.29) is 17.5 Å². The standard InChI is InChI=1S/C21H24N6O3/c1-3-10-25-11-8-15(9-12-25)26-13-22-18-19(29)24-21(30)27(20(18)26)17-7-5-4-6-16(17)23-14(2)28/h3-7,13,15H,1,8-12H2,2H3,(H,23,28)(H,24,29,30). The summed E-state index contributed by atoms with van der Waals surface area (Å²) >= 11 is 0. The summed E-state index contributed by atoms with van der Waals surface area (Å²) in [6.07, 6.45) is 5.26. The first-order valence-electron chi connectivity index (χ1n) is 9.91. The number of anilines is 1. The third-order valence-corrected chi connectivity index (χ3v) is 5.41. The Balaban J connectivity index is 1.87. The predicted octanol–water partition coefficient (Wildman–Crippen LogP) is 1.66. The normalized spacial score (nSPS) is 15.4. The minimum atomic E-state index is -0.573. The number of H-pyrrole nitrogens is 1. The van der Waals surface area contributed by atoms with Crippen LogP contribution in [-0.2, 0) is 4.79 Å². The number of para-hydroxylation sites is 2. The first-order valence-corrected chi connectivity index (χ1v) is 9.91. The molecule has 1 aliphatic heterocycles. The molecule has 0 saturated carbocycles. The van der Waals surface area contributed by atoms with Crippen LogP contribution in [0.15, 0.2) is 52.8 Å². The number of benzene rings is 1. The molecule has 1 saturated heterocycles. The Morgan fingerprint density at radius 1 is 1.30 bits per heavy atom. The lowest BCUT2D eigenvalue weighted by Crippen LogP contribution is -2.36. The number of imidazole rings is 1. The van der Waals surface area contributed by atoms with Gasteiger partial charge in [0.1, 0.15) is 0 Å². The van der Waals surface area contributed by atoms with Crippen molar-refractivity contribution in [2.24, 2.45) is 0 Å². The molecule has 0 aliphatic carbocycles. The van der Waals surface area contributed by atoms with E-state index in [0.717, 1.165) is 32.5 Å². The third kappa shape index (κ3) is 3.59. The van der Waals surface area contributed by atoms with Crippen molar-refractivity contribution in [1.82, 2.24) is 24.0 Å². The highest BCUT2D eigenvalue weighted by molar-refractivity contribution is 5.91. The zero-order valence-electron chi connectivity index (χ0n) is 16.8. The van der Waals surface area contributed by atoms with Gasteiger partial charge in [-0.3, -0.25) is 19.5 Å². The van der Waals surface area contributed by atoms with Crippen molar-refractivity contribution in [2.45, 2.75) is 25.8 Å². The first-order chi connectivity index (χ1) is 14.5. The monoisotopic (exact) mass is 408 g/mol. The molecule has 9 nitrogen and oxygen atoms in total. The molecule has 30 heavy (non-hydrogen) atoms. The van der Waals surface area contributed by atoms with Gasteiger partial charge in [0.15, 0.2) is 11.2 Å². The largest absolute Gasteiger partial charge is 0.334 e. The summed E-state index contributed by atoms with van der Waals surface area (Å²) in [6.45, 7) is 7.83. The fourth-order valence-electron chi connectivity index (χ4n) is 4.06. The number of carbonyl (C=O) groups is 1. The van der Waals surface area contributed by atoms with Crippen LogP contribution in [0.25, 0.3) is 16.9 Å². The van der Waals surface area contributed by atoms with Crippen LogP contribution in [0, 0.1) is 0 Å². The molecular formula is C21H24N6O3. The summed E-state index contributed by atoms with van der Waals surface area (Å²) in [6, 6.07) is 7.10. The van der Waals surface area contributed by atoms with Crippen molar-refractivity contribution in [1.29, 1.82) is 0 Å². The van der Waals surface area contributed by atoms with Gasteiger partial charge >= 0.3 is 5.69 Å². The van der Waals surface area contributed by atoms with Gasteiger partial charge in [-0.15, -0.1) is 6.58 Å². The molecule has 1 amide bonds. The molecule has 1 fully saturated rings. The quantitative estimate of drug-likeness (QED) is 0.625. The molecule has 3 heterocycles. The van der Waals surface area contributed by atoms with E-state index in [9.17, 15) is 14.4 Å². The van der Waals surface area contributed by atoms with Gasteiger partial charge in [-0.25, -0.2) is 14.3 Å². The average Bonchev–Trinajstić information content (AvgIpc) is 3.15. The summed E-state index contributed by atoms with van der Waals surface area (Å²) in [7, 11) is 0. The second kappa shape index (κ2) is 8.11. The molecular weight excluding hydrogens is 384 g/mol. The minimum absolute atomic E-state index is 0.108. The highest BCUT2D eigenvalue weighted by Crippen LogP contribution is 2.28. The predicted molar refractivity (Wildman–Crippen MR) is 115 cm³/mol. The Morgan fingerprint density at radius 3 is 2.73 bits per heavy atom. The lowest BCUT2D eigenvalue weighted by molar-refractivity contribution is -0.114. The van der Waals surface area contributed by atoms with Crippen molar-refractivity contribution in [3.8, 4) is 5.69 Å². The Hall–Kier alpha value is -3.46. The summed E-state index contributed by atoms with van der Waals surface area (Å²) in [5.74, 6) is -0.251. The van der Waals surface area contributed by atoms with E-state index in [1.54, 1.807) is 30.6 Å². The molecule has 0 spiro atoms. The number of aromatic amines is 1. The number of carbonyl (C=O) groups excluding carboxylic acids is 1. The molecule has 156 valence electrons. The summed E-state index contributed by atoms with van der Waals surface area (Å²) < 4.78 is 3.34. The molecule has 2 N–H and O–H groups in total. The van der Waals surface area contributed by atoms with Gasteiger partial charge in [-0.05, 0) is 25.0 Å². The van der Waals surface area contributed by atoms with Crippen molar-refractivity contribution in [2.75, 3.05) is 25.0 Å². The fraction of sp³-hybridized carbons (Fsp3) is 0.333.